The third kappa shape index (κ3) is 3.68. The van der Waals surface area contributed by atoms with Gasteiger partial charge in [0.2, 0.25) is 0 Å². The van der Waals surface area contributed by atoms with E-state index in [1.807, 2.05) is 0 Å². The summed E-state index contributed by atoms with van der Waals surface area (Å²) in [5, 5.41) is 20.8. The highest BCUT2D eigenvalue weighted by atomic mass is 16.6. The molecule has 0 radical (unpaired) electrons. The summed E-state index contributed by atoms with van der Waals surface area (Å²) in [6.45, 7) is 3.75. The molecule has 0 saturated carbocycles. The number of hydrogen-bond donors (Lipinski definition) is 3. The predicted octanol–water partition coefficient (Wildman–Crippen LogP) is 1.73. The molecule has 5 heteroatoms. The number of benzene rings is 1. The van der Waals surface area contributed by atoms with Crippen molar-refractivity contribution in [3.8, 4) is 11.5 Å². The minimum Gasteiger partial charge on any atom is -0.504 e. The lowest BCUT2D eigenvalue weighted by atomic mass is 10.2. The van der Waals surface area contributed by atoms with Gasteiger partial charge in [-0.3, -0.25) is 0 Å². The van der Waals surface area contributed by atoms with Crippen molar-refractivity contribution >= 4 is 6.09 Å². The average molecular weight is 225 g/mol. The first-order valence-electron chi connectivity index (χ1n) is 4.94. The molecule has 1 rings (SSSR count). The summed E-state index contributed by atoms with van der Waals surface area (Å²) in [4.78, 5) is 11.1. The van der Waals surface area contributed by atoms with E-state index in [1.54, 1.807) is 19.9 Å². The van der Waals surface area contributed by atoms with Gasteiger partial charge in [-0.1, -0.05) is 6.07 Å². The molecule has 16 heavy (non-hydrogen) atoms. The van der Waals surface area contributed by atoms with Gasteiger partial charge in [-0.15, -0.1) is 0 Å². The number of nitrogens with one attached hydrogen (secondary N) is 1. The van der Waals surface area contributed by atoms with Crippen LogP contribution in [-0.4, -0.2) is 22.4 Å². The fraction of sp³-hybridized carbons (Fsp3) is 0.364. The smallest absolute Gasteiger partial charge is 0.407 e. The maximum Gasteiger partial charge on any atom is 0.407 e. The number of aromatic hydroxyl groups is 2. The minimum absolute atomic E-state index is 0.173. The van der Waals surface area contributed by atoms with Gasteiger partial charge in [-0.25, -0.2) is 4.79 Å². The molecule has 0 spiro atoms. The number of ether oxygens (including phenoxy) is 1. The average Bonchev–Trinajstić information content (AvgIpc) is 2.19. The molecule has 0 bridgehead atoms. The van der Waals surface area contributed by atoms with Crippen molar-refractivity contribution in [2.24, 2.45) is 0 Å². The van der Waals surface area contributed by atoms with Gasteiger partial charge in [0.25, 0.3) is 0 Å². The summed E-state index contributed by atoms with van der Waals surface area (Å²) in [5.41, 5.74) is 0.677. The second-order valence-electron chi connectivity index (χ2n) is 3.63. The quantitative estimate of drug-likeness (QED) is 0.684. The number of rotatable bonds is 3. The van der Waals surface area contributed by atoms with Crippen LogP contribution in [0.1, 0.15) is 19.4 Å². The van der Waals surface area contributed by atoms with Crippen molar-refractivity contribution in [2.45, 2.75) is 26.5 Å². The highest BCUT2D eigenvalue weighted by molar-refractivity contribution is 5.67. The van der Waals surface area contributed by atoms with Crippen molar-refractivity contribution in [3.63, 3.8) is 0 Å². The van der Waals surface area contributed by atoms with Gasteiger partial charge in [0.15, 0.2) is 11.5 Å². The fourth-order valence-electron chi connectivity index (χ4n) is 1.11. The monoisotopic (exact) mass is 225 g/mol. The second-order valence-corrected chi connectivity index (χ2v) is 3.63. The SMILES string of the molecule is CC(C)OC(=O)NCc1ccc(O)c(O)c1. The molecule has 5 nitrogen and oxygen atoms in total. The third-order valence-corrected chi connectivity index (χ3v) is 1.82. The minimum atomic E-state index is -0.512. The fourth-order valence-corrected chi connectivity index (χ4v) is 1.11. The van der Waals surface area contributed by atoms with E-state index in [1.165, 1.54) is 12.1 Å². The molecule has 0 heterocycles. The van der Waals surface area contributed by atoms with Crippen molar-refractivity contribution in [1.29, 1.82) is 0 Å². The Balaban J connectivity index is 2.48. The van der Waals surface area contributed by atoms with Crippen LogP contribution in [0.15, 0.2) is 18.2 Å². The van der Waals surface area contributed by atoms with E-state index in [9.17, 15) is 9.90 Å². The lowest BCUT2D eigenvalue weighted by Crippen LogP contribution is -2.26. The molecule has 1 amide bonds. The van der Waals surface area contributed by atoms with Crippen LogP contribution in [0.5, 0.6) is 11.5 Å². The van der Waals surface area contributed by atoms with Crippen LogP contribution in [0.2, 0.25) is 0 Å². The van der Waals surface area contributed by atoms with Gasteiger partial charge in [0.1, 0.15) is 0 Å². The molecule has 0 saturated heterocycles. The first-order valence-corrected chi connectivity index (χ1v) is 4.94. The summed E-state index contributed by atoms with van der Waals surface area (Å²) in [6.07, 6.45) is -0.684. The summed E-state index contributed by atoms with van der Waals surface area (Å²) >= 11 is 0. The maximum absolute atomic E-state index is 11.1. The van der Waals surface area contributed by atoms with Crippen LogP contribution in [0.3, 0.4) is 0 Å². The first kappa shape index (κ1) is 12.2. The van der Waals surface area contributed by atoms with Gasteiger partial charge in [-0.05, 0) is 31.5 Å². The molecule has 3 N–H and O–H groups in total. The van der Waals surface area contributed by atoms with E-state index in [4.69, 9.17) is 9.84 Å². The Labute approximate surface area is 93.7 Å². The Morgan fingerprint density at radius 3 is 2.62 bits per heavy atom. The molecule has 1 aromatic carbocycles. The van der Waals surface area contributed by atoms with Crippen molar-refractivity contribution in [1.82, 2.24) is 5.32 Å². The highest BCUT2D eigenvalue weighted by Crippen LogP contribution is 2.24. The number of carbonyl (C=O) groups is 1. The molecule has 0 unspecified atom stereocenters. The Bertz CT molecular complexity index is 376. The van der Waals surface area contributed by atoms with E-state index in [-0.39, 0.29) is 24.1 Å². The lowest BCUT2D eigenvalue weighted by Gasteiger charge is -2.09. The number of hydrogen-bond acceptors (Lipinski definition) is 4. The molecule has 0 aliphatic rings. The summed E-state index contributed by atoms with van der Waals surface area (Å²) in [5.74, 6) is -0.398. The Kier molecular flexibility index (Phi) is 3.99. The third-order valence-electron chi connectivity index (χ3n) is 1.82. The number of alkyl carbamates (subject to hydrolysis) is 1. The van der Waals surface area contributed by atoms with Crippen LogP contribution in [0, 0.1) is 0 Å². The molecule has 0 atom stereocenters. The van der Waals surface area contributed by atoms with Crippen LogP contribution < -0.4 is 5.32 Å². The molecule has 0 aromatic heterocycles. The van der Waals surface area contributed by atoms with Gasteiger partial charge in [0, 0.05) is 6.54 Å². The van der Waals surface area contributed by atoms with Crippen LogP contribution in [-0.2, 0) is 11.3 Å². The van der Waals surface area contributed by atoms with Crippen molar-refractivity contribution in [2.75, 3.05) is 0 Å². The zero-order valence-electron chi connectivity index (χ0n) is 9.23. The van der Waals surface area contributed by atoms with E-state index in [0.717, 1.165) is 0 Å². The highest BCUT2D eigenvalue weighted by Gasteiger charge is 2.05. The second kappa shape index (κ2) is 5.25. The van der Waals surface area contributed by atoms with E-state index in [0.29, 0.717) is 5.56 Å². The number of amides is 1. The lowest BCUT2D eigenvalue weighted by molar-refractivity contribution is 0.115. The summed E-state index contributed by atoms with van der Waals surface area (Å²) in [7, 11) is 0. The van der Waals surface area contributed by atoms with Crippen LogP contribution in [0.25, 0.3) is 0 Å². The largest absolute Gasteiger partial charge is 0.504 e. The Morgan fingerprint density at radius 2 is 2.06 bits per heavy atom. The van der Waals surface area contributed by atoms with Crippen molar-refractivity contribution < 1.29 is 19.7 Å². The van der Waals surface area contributed by atoms with E-state index in [2.05, 4.69) is 5.32 Å². The zero-order chi connectivity index (χ0) is 12.1. The van der Waals surface area contributed by atoms with E-state index < -0.39 is 6.09 Å². The predicted molar refractivity (Wildman–Crippen MR) is 58.2 cm³/mol. The normalized spacial score (nSPS) is 10.2. The van der Waals surface area contributed by atoms with Gasteiger partial charge in [0.05, 0.1) is 6.10 Å². The Morgan fingerprint density at radius 1 is 1.38 bits per heavy atom. The Hall–Kier alpha value is -1.91. The van der Waals surface area contributed by atoms with Gasteiger partial charge >= 0.3 is 6.09 Å². The maximum atomic E-state index is 11.1. The van der Waals surface area contributed by atoms with Gasteiger partial charge in [-0.2, -0.15) is 0 Å². The first-order chi connectivity index (χ1) is 7.49. The standard InChI is InChI=1S/C11H15NO4/c1-7(2)16-11(15)12-6-8-3-4-9(13)10(14)5-8/h3-5,7,13-14H,6H2,1-2H3,(H,12,15). The molecular weight excluding hydrogens is 210 g/mol. The van der Waals surface area contributed by atoms with Crippen molar-refractivity contribution in [3.05, 3.63) is 23.8 Å². The molecule has 0 aliphatic heterocycles. The molecular formula is C11H15NO4. The van der Waals surface area contributed by atoms with Crippen LogP contribution >= 0.6 is 0 Å². The number of carbonyl (C=O) groups excluding carboxylic acids is 1. The summed E-state index contributed by atoms with van der Waals surface area (Å²) in [6, 6.07) is 4.34. The topological polar surface area (TPSA) is 78.8 Å². The molecule has 1 aromatic rings. The van der Waals surface area contributed by atoms with Gasteiger partial charge < -0.3 is 20.3 Å². The molecule has 0 aliphatic carbocycles. The van der Waals surface area contributed by atoms with Crippen LogP contribution in [0.4, 0.5) is 4.79 Å². The molecule has 88 valence electrons. The molecule has 0 fully saturated rings. The van der Waals surface area contributed by atoms with E-state index >= 15 is 0 Å². The number of phenols is 2. The summed E-state index contributed by atoms with van der Waals surface area (Å²) < 4.78 is 4.86. The zero-order valence-corrected chi connectivity index (χ0v) is 9.23. The number of phenolic OH excluding ortho intramolecular Hbond substituents is 2.